The van der Waals surface area contributed by atoms with Crippen LogP contribution in [0.4, 0.5) is 0 Å². The highest BCUT2D eigenvalue weighted by Crippen LogP contribution is 2.29. The van der Waals surface area contributed by atoms with E-state index in [0.29, 0.717) is 30.1 Å². The van der Waals surface area contributed by atoms with Crippen LogP contribution in [0.25, 0.3) is 0 Å². The zero-order valence-electron chi connectivity index (χ0n) is 13.8. The first kappa shape index (κ1) is 16.8. The van der Waals surface area contributed by atoms with Crippen LogP contribution in [0.1, 0.15) is 31.4 Å². The Hall–Kier alpha value is -2.57. The average molecular weight is 319 g/mol. The van der Waals surface area contributed by atoms with Crippen molar-refractivity contribution < 1.29 is 19.1 Å². The molecule has 0 saturated carbocycles. The Morgan fingerprint density at radius 3 is 2.65 bits per heavy atom. The number of rotatable bonds is 5. The maximum absolute atomic E-state index is 12.3. The lowest BCUT2D eigenvalue weighted by atomic mass is 10.1. The van der Waals surface area contributed by atoms with Gasteiger partial charge in [0.05, 0.1) is 20.3 Å². The van der Waals surface area contributed by atoms with Crippen molar-refractivity contribution in [2.24, 2.45) is 5.10 Å². The molecular formula is C16H21N3O4. The smallest absolute Gasteiger partial charge is 0.267 e. The van der Waals surface area contributed by atoms with Gasteiger partial charge < -0.3 is 14.8 Å². The van der Waals surface area contributed by atoms with Crippen LogP contribution in [0.5, 0.6) is 11.5 Å². The molecule has 0 bridgehead atoms. The molecular weight excluding hydrogens is 298 g/mol. The number of nitrogens with zero attached hydrogens (tertiary/aromatic N) is 2. The molecule has 0 aliphatic carbocycles. The lowest BCUT2D eigenvalue weighted by Gasteiger charge is -2.21. The van der Waals surface area contributed by atoms with Gasteiger partial charge in [-0.2, -0.15) is 5.10 Å². The van der Waals surface area contributed by atoms with Gasteiger partial charge in [0.2, 0.25) is 5.91 Å². The summed E-state index contributed by atoms with van der Waals surface area (Å²) in [6, 6.07) is 5.16. The van der Waals surface area contributed by atoms with Crippen molar-refractivity contribution in [1.29, 1.82) is 0 Å². The molecule has 1 aromatic carbocycles. The zero-order chi connectivity index (χ0) is 17.0. The molecule has 1 unspecified atom stereocenters. The molecule has 1 atom stereocenters. The summed E-state index contributed by atoms with van der Waals surface area (Å²) in [5.74, 6) is 0.942. The highest BCUT2D eigenvalue weighted by atomic mass is 16.5. The van der Waals surface area contributed by atoms with Crippen molar-refractivity contribution in [3.63, 3.8) is 0 Å². The van der Waals surface area contributed by atoms with Gasteiger partial charge in [-0.3, -0.25) is 9.59 Å². The second-order valence-corrected chi connectivity index (χ2v) is 5.27. The summed E-state index contributed by atoms with van der Waals surface area (Å²) in [7, 11) is 4.70. The molecule has 1 aromatic rings. The molecule has 1 heterocycles. The molecule has 1 aliphatic rings. The van der Waals surface area contributed by atoms with E-state index in [2.05, 4.69) is 10.4 Å². The molecule has 0 saturated heterocycles. The van der Waals surface area contributed by atoms with Crippen LogP contribution in [-0.2, 0) is 9.59 Å². The molecule has 1 N–H and O–H groups in total. The quantitative estimate of drug-likeness (QED) is 0.891. The number of methoxy groups -OCH3 is 2. The van der Waals surface area contributed by atoms with Gasteiger partial charge in [0.1, 0.15) is 17.2 Å². The first-order valence-corrected chi connectivity index (χ1v) is 7.33. The minimum absolute atomic E-state index is 0.0913. The highest BCUT2D eigenvalue weighted by molar-refractivity contribution is 6.39. The first-order chi connectivity index (χ1) is 11.0. The van der Waals surface area contributed by atoms with E-state index in [9.17, 15) is 9.59 Å². The summed E-state index contributed by atoms with van der Waals surface area (Å²) in [6.07, 6.45) is 0.643. The monoisotopic (exact) mass is 319 g/mol. The largest absolute Gasteiger partial charge is 0.497 e. The van der Waals surface area contributed by atoms with Crippen LogP contribution >= 0.6 is 0 Å². The van der Waals surface area contributed by atoms with E-state index >= 15 is 0 Å². The molecule has 23 heavy (non-hydrogen) atoms. The minimum Gasteiger partial charge on any atom is -0.497 e. The van der Waals surface area contributed by atoms with Crippen LogP contribution < -0.4 is 14.8 Å². The van der Waals surface area contributed by atoms with Gasteiger partial charge in [0.25, 0.3) is 5.91 Å². The third kappa shape index (κ3) is 3.80. The van der Waals surface area contributed by atoms with Crippen molar-refractivity contribution in [1.82, 2.24) is 10.3 Å². The fourth-order valence-corrected chi connectivity index (χ4v) is 2.37. The number of ether oxygens (including phenoxy) is 2. The van der Waals surface area contributed by atoms with Crippen molar-refractivity contribution in [2.45, 2.75) is 25.8 Å². The molecule has 0 aromatic heterocycles. The topological polar surface area (TPSA) is 80.2 Å². The van der Waals surface area contributed by atoms with Crippen molar-refractivity contribution in [2.75, 3.05) is 21.3 Å². The average Bonchev–Trinajstić information content (AvgIpc) is 2.56. The number of hydrogen-bond donors (Lipinski definition) is 1. The summed E-state index contributed by atoms with van der Waals surface area (Å²) in [4.78, 5) is 23.7. The molecule has 0 fully saturated rings. The van der Waals surface area contributed by atoms with E-state index in [0.717, 1.165) is 5.56 Å². The third-order valence-corrected chi connectivity index (χ3v) is 3.72. The fraction of sp³-hybridized carbons (Fsp3) is 0.438. The lowest BCUT2D eigenvalue weighted by Crippen LogP contribution is -2.38. The fourth-order valence-electron chi connectivity index (χ4n) is 2.37. The minimum atomic E-state index is -0.283. The summed E-state index contributed by atoms with van der Waals surface area (Å²) in [6.45, 7) is 1.86. The van der Waals surface area contributed by atoms with E-state index in [4.69, 9.17) is 9.47 Å². The van der Waals surface area contributed by atoms with Crippen molar-refractivity contribution in [3.8, 4) is 11.5 Å². The molecule has 2 amide bonds. The predicted octanol–water partition coefficient (Wildman–Crippen LogP) is 1.49. The summed E-state index contributed by atoms with van der Waals surface area (Å²) in [5, 5.41) is 8.11. The van der Waals surface area contributed by atoms with E-state index in [1.807, 2.05) is 19.1 Å². The maximum Gasteiger partial charge on any atom is 0.267 e. The molecule has 124 valence electrons. The standard InChI is InChI=1S/C16H21N3O4/c1-10(12-6-5-11(22-3)9-14(12)23-4)17-16(21)13-7-8-15(20)19(2)18-13/h5-6,9-10H,7-8H2,1-4H3,(H,17,21). The lowest BCUT2D eigenvalue weighted by molar-refractivity contribution is -0.130. The number of nitrogens with one attached hydrogen (secondary N) is 1. The van der Waals surface area contributed by atoms with E-state index in [-0.39, 0.29) is 17.9 Å². The second-order valence-electron chi connectivity index (χ2n) is 5.27. The number of benzene rings is 1. The summed E-state index contributed by atoms with van der Waals surface area (Å²) >= 11 is 0. The number of hydrogen-bond acceptors (Lipinski definition) is 5. The SMILES string of the molecule is COc1ccc(C(C)NC(=O)C2=NN(C)C(=O)CC2)c(OC)c1. The number of carbonyl (C=O) groups is 2. The van der Waals surface area contributed by atoms with Gasteiger partial charge in [-0.1, -0.05) is 0 Å². The Morgan fingerprint density at radius 1 is 1.30 bits per heavy atom. The van der Waals surface area contributed by atoms with Gasteiger partial charge in [0, 0.05) is 31.5 Å². The maximum atomic E-state index is 12.3. The molecule has 2 rings (SSSR count). The number of amides is 2. The van der Waals surface area contributed by atoms with Gasteiger partial charge in [-0.25, -0.2) is 5.01 Å². The van der Waals surface area contributed by atoms with E-state index < -0.39 is 0 Å². The summed E-state index contributed by atoms with van der Waals surface area (Å²) in [5.41, 5.74) is 1.19. The predicted molar refractivity (Wildman–Crippen MR) is 85.5 cm³/mol. The van der Waals surface area contributed by atoms with Crippen LogP contribution in [0, 0.1) is 0 Å². The molecule has 0 radical (unpaired) electrons. The molecule has 1 aliphatic heterocycles. The van der Waals surface area contributed by atoms with Crippen LogP contribution in [0.2, 0.25) is 0 Å². The van der Waals surface area contributed by atoms with Crippen LogP contribution in [0.15, 0.2) is 23.3 Å². The van der Waals surface area contributed by atoms with Gasteiger partial charge in [-0.15, -0.1) is 0 Å². The van der Waals surface area contributed by atoms with Crippen LogP contribution in [-0.4, -0.2) is 43.8 Å². The highest BCUT2D eigenvalue weighted by Gasteiger charge is 2.24. The normalized spacial score (nSPS) is 15.7. The van der Waals surface area contributed by atoms with Crippen molar-refractivity contribution >= 4 is 17.5 Å². The first-order valence-electron chi connectivity index (χ1n) is 7.33. The van der Waals surface area contributed by atoms with E-state index in [1.54, 1.807) is 27.3 Å². The Morgan fingerprint density at radius 2 is 2.04 bits per heavy atom. The Bertz CT molecular complexity index is 642. The Kier molecular flexibility index (Phi) is 5.20. The van der Waals surface area contributed by atoms with Gasteiger partial charge in [0.15, 0.2) is 0 Å². The summed E-state index contributed by atoms with van der Waals surface area (Å²) < 4.78 is 10.5. The zero-order valence-corrected chi connectivity index (χ0v) is 13.8. The van der Waals surface area contributed by atoms with Crippen LogP contribution in [0.3, 0.4) is 0 Å². The Balaban J connectivity index is 2.13. The molecule has 7 heteroatoms. The van der Waals surface area contributed by atoms with Crippen molar-refractivity contribution in [3.05, 3.63) is 23.8 Å². The van der Waals surface area contributed by atoms with E-state index in [1.165, 1.54) is 5.01 Å². The van der Waals surface area contributed by atoms with Gasteiger partial charge >= 0.3 is 0 Å². The number of carbonyl (C=O) groups excluding carboxylic acids is 2. The second kappa shape index (κ2) is 7.13. The third-order valence-electron chi connectivity index (χ3n) is 3.72. The molecule has 7 nitrogen and oxygen atoms in total. The van der Waals surface area contributed by atoms with Gasteiger partial charge in [-0.05, 0) is 19.1 Å². The number of hydrazone groups is 1. The Labute approximate surface area is 135 Å². The molecule has 0 spiro atoms.